The quantitative estimate of drug-likeness (QED) is 0.316. The highest BCUT2D eigenvalue weighted by Crippen LogP contribution is 2.37. The zero-order chi connectivity index (χ0) is 19.8. The second-order valence-corrected chi connectivity index (χ2v) is 6.01. The lowest BCUT2D eigenvalue weighted by atomic mass is 9.99. The van der Waals surface area contributed by atoms with Crippen LogP contribution in [0.4, 0.5) is 21.7 Å². The molecule has 0 radical (unpaired) electrons. The Bertz CT molecular complexity index is 1200. The summed E-state index contributed by atoms with van der Waals surface area (Å²) in [4.78, 5) is 8.78. The van der Waals surface area contributed by atoms with Gasteiger partial charge in [0.25, 0.3) is 0 Å². The third-order valence-electron chi connectivity index (χ3n) is 4.25. The second-order valence-electron chi connectivity index (χ2n) is 6.01. The first kappa shape index (κ1) is 17.5. The molecular weight excluding hydrogens is 363 g/mol. The lowest BCUT2D eigenvalue weighted by Gasteiger charge is -2.13. The molecule has 4 aromatic rings. The number of hydrogen-bond donors (Lipinski definition) is 4. The van der Waals surface area contributed by atoms with Crippen molar-refractivity contribution in [3.05, 3.63) is 54.1 Å². The van der Waals surface area contributed by atoms with Crippen molar-refractivity contribution in [3.8, 4) is 22.4 Å². The minimum Gasteiger partial charge on any atom is -0.397 e. The van der Waals surface area contributed by atoms with E-state index >= 15 is 0 Å². The van der Waals surface area contributed by atoms with Crippen LogP contribution in [0.1, 0.15) is 5.82 Å². The van der Waals surface area contributed by atoms with Crippen LogP contribution in [0, 0.1) is 11.3 Å². The molecule has 0 spiro atoms. The summed E-state index contributed by atoms with van der Waals surface area (Å²) in [6, 6.07) is 10.8. The summed E-state index contributed by atoms with van der Waals surface area (Å²) in [6.45, 7) is -0.370. The standard InChI is InChI=1S/C18H15FN8O/c19-11-4-1-9(2-5-11)16-15(10-3-6-13(25-22)12(20)7-10)17-23-14(8-28)26-27(17)18(21)24-16/h1-7,22,28H,8,20H2,(H2,21,24). The number of aliphatic hydroxyl groups is 1. The van der Waals surface area contributed by atoms with E-state index in [4.69, 9.17) is 17.0 Å². The molecular formula is C18H15FN8O. The molecule has 0 aliphatic carbocycles. The van der Waals surface area contributed by atoms with Crippen LogP contribution in [0.15, 0.2) is 47.6 Å². The predicted octanol–water partition coefficient (Wildman–Crippen LogP) is 2.92. The van der Waals surface area contributed by atoms with E-state index < -0.39 is 0 Å². The molecule has 6 N–H and O–H groups in total. The number of anilines is 2. The molecule has 2 heterocycles. The fourth-order valence-electron chi connectivity index (χ4n) is 2.96. The molecule has 0 bridgehead atoms. The summed E-state index contributed by atoms with van der Waals surface area (Å²) in [5, 5.41) is 16.9. The van der Waals surface area contributed by atoms with Crippen molar-refractivity contribution in [2.75, 3.05) is 11.5 Å². The molecule has 2 aromatic heterocycles. The Hall–Kier alpha value is -3.92. The fraction of sp³-hybridized carbons (Fsp3) is 0.0556. The van der Waals surface area contributed by atoms with Crippen molar-refractivity contribution in [1.29, 1.82) is 5.53 Å². The van der Waals surface area contributed by atoms with Crippen molar-refractivity contribution in [2.45, 2.75) is 6.61 Å². The van der Waals surface area contributed by atoms with Gasteiger partial charge in [0.15, 0.2) is 11.5 Å². The monoisotopic (exact) mass is 378 g/mol. The van der Waals surface area contributed by atoms with Crippen LogP contribution in [-0.4, -0.2) is 24.7 Å². The number of aliphatic hydroxyl groups excluding tert-OH is 1. The lowest BCUT2D eigenvalue weighted by Crippen LogP contribution is -2.06. The Morgan fingerprint density at radius 1 is 1.07 bits per heavy atom. The van der Waals surface area contributed by atoms with E-state index in [1.54, 1.807) is 30.3 Å². The van der Waals surface area contributed by atoms with E-state index in [1.807, 2.05) is 0 Å². The molecule has 0 atom stereocenters. The number of fused-ring (bicyclic) bond motifs is 1. The zero-order valence-electron chi connectivity index (χ0n) is 14.5. The largest absolute Gasteiger partial charge is 0.397 e. The van der Waals surface area contributed by atoms with E-state index in [0.717, 1.165) is 0 Å². The minimum atomic E-state index is -0.380. The van der Waals surface area contributed by atoms with Crippen LogP contribution >= 0.6 is 0 Å². The van der Waals surface area contributed by atoms with Crippen molar-refractivity contribution in [3.63, 3.8) is 0 Å². The maximum atomic E-state index is 13.4. The van der Waals surface area contributed by atoms with Gasteiger partial charge >= 0.3 is 0 Å². The third-order valence-corrected chi connectivity index (χ3v) is 4.25. The van der Waals surface area contributed by atoms with Gasteiger partial charge in [-0.15, -0.1) is 5.10 Å². The van der Waals surface area contributed by atoms with Gasteiger partial charge in [-0.3, -0.25) is 0 Å². The molecule has 28 heavy (non-hydrogen) atoms. The van der Waals surface area contributed by atoms with Crippen LogP contribution in [0.25, 0.3) is 28.0 Å². The molecule has 4 rings (SSSR count). The smallest absolute Gasteiger partial charge is 0.223 e. The summed E-state index contributed by atoms with van der Waals surface area (Å²) in [6.07, 6.45) is 0. The Balaban J connectivity index is 2.08. The minimum absolute atomic E-state index is 0.0658. The van der Waals surface area contributed by atoms with Crippen molar-refractivity contribution < 1.29 is 9.50 Å². The van der Waals surface area contributed by atoms with E-state index in [9.17, 15) is 9.50 Å². The van der Waals surface area contributed by atoms with Gasteiger partial charge in [0.2, 0.25) is 5.95 Å². The molecule has 0 saturated heterocycles. The van der Waals surface area contributed by atoms with Gasteiger partial charge < -0.3 is 16.6 Å². The summed E-state index contributed by atoms with van der Waals surface area (Å²) in [5.74, 6) is -0.136. The van der Waals surface area contributed by atoms with Crippen LogP contribution < -0.4 is 11.5 Å². The molecule has 10 heteroatoms. The van der Waals surface area contributed by atoms with Gasteiger partial charge in [-0.2, -0.15) is 9.63 Å². The van der Waals surface area contributed by atoms with Gasteiger partial charge in [-0.25, -0.2) is 19.9 Å². The van der Waals surface area contributed by atoms with Gasteiger partial charge in [0, 0.05) is 5.56 Å². The molecule has 140 valence electrons. The molecule has 0 amide bonds. The topological polar surface area (TPSA) is 152 Å². The maximum Gasteiger partial charge on any atom is 0.223 e. The molecule has 0 fully saturated rings. The highest BCUT2D eigenvalue weighted by atomic mass is 19.1. The van der Waals surface area contributed by atoms with E-state index in [2.05, 4.69) is 20.2 Å². The van der Waals surface area contributed by atoms with Crippen LogP contribution in [0.5, 0.6) is 0 Å². The summed E-state index contributed by atoms with van der Waals surface area (Å²) in [5.41, 5.74) is 22.5. The van der Waals surface area contributed by atoms with Gasteiger partial charge in [-0.1, -0.05) is 6.07 Å². The first-order valence-corrected chi connectivity index (χ1v) is 8.21. The SMILES string of the molecule is N=Nc1ccc(-c2c(-c3ccc(F)cc3)nc(N)n3nc(CO)nc23)cc1N. The van der Waals surface area contributed by atoms with Crippen molar-refractivity contribution >= 4 is 23.0 Å². The van der Waals surface area contributed by atoms with Gasteiger partial charge in [0.05, 0.1) is 16.9 Å². The first-order chi connectivity index (χ1) is 13.5. The second kappa shape index (κ2) is 6.67. The number of hydrogen-bond acceptors (Lipinski definition) is 8. The van der Waals surface area contributed by atoms with Crippen LogP contribution in [0.3, 0.4) is 0 Å². The van der Waals surface area contributed by atoms with Crippen molar-refractivity contribution in [1.82, 2.24) is 19.6 Å². The molecule has 0 unspecified atom stereocenters. The summed E-state index contributed by atoms with van der Waals surface area (Å²) in [7, 11) is 0. The lowest BCUT2D eigenvalue weighted by molar-refractivity contribution is 0.271. The Kier molecular flexibility index (Phi) is 4.17. The van der Waals surface area contributed by atoms with Crippen molar-refractivity contribution in [2.24, 2.45) is 5.11 Å². The number of nitrogen functional groups attached to an aromatic ring is 2. The number of rotatable bonds is 4. The number of nitrogens with two attached hydrogens (primary N) is 2. The number of aromatic nitrogens is 4. The Labute approximate surface area is 158 Å². The molecule has 0 aliphatic rings. The number of halogens is 1. The normalized spacial score (nSPS) is 11.1. The summed E-state index contributed by atoms with van der Waals surface area (Å²) < 4.78 is 14.7. The molecule has 0 saturated carbocycles. The third kappa shape index (κ3) is 2.81. The van der Waals surface area contributed by atoms with E-state index in [-0.39, 0.29) is 24.2 Å². The molecule has 9 nitrogen and oxygen atoms in total. The van der Waals surface area contributed by atoms with E-state index in [0.29, 0.717) is 39.4 Å². The highest BCUT2D eigenvalue weighted by molar-refractivity contribution is 5.92. The van der Waals surface area contributed by atoms with Gasteiger partial charge in [0.1, 0.15) is 18.1 Å². The maximum absolute atomic E-state index is 13.4. The van der Waals surface area contributed by atoms with Crippen LogP contribution in [0.2, 0.25) is 0 Å². The van der Waals surface area contributed by atoms with E-state index in [1.165, 1.54) is 16.6 Å². The van der Waals surface area contributed by atoms with Gasteiger partial charge in [-0.05, 0) is 42.0 Å². The Morgan fingerprint density at radius 3 is 2.43 bits per heavy atom. The molecule has 0 aliphatic heterocycles. The van der Waals surface area contributed by atoms with Crippen LogP contribution in [-0.2, 0) is 6.61 Å². The number of benzene rings is 2. The molecule has 2 aromatic carbocycles. The Morgan fingerprint density at radius 2 is 1.79 bits per heavy atom. The predicted molar refractivity (Wildman–Crippen MR) is 101 cm³/mol. The zero-order valence-corrected chi connectivity index (χ0v) is 14.5. The average Bonchev–Trinajstić information content (AvgIpc) is 3.13. The first-order valence-electron chi connectivity index (χ1n) is 8.21. The highest BCUT2D eigenvalue weighted by Gasteiger charge is 2.20. The number of nitrogens with one attached hydrogen (secondary N) is 1. The number of nitrogens with zero attached hydrogens (tertiary/aromatic N) is 5. The fourth-order valence-corrected chi connectivity index (χ4v) is 2.96. The average molecular weight is 378 g/mol. The summed E-state index contributed by atoms with van der Waals surface area (Å²) >= 11 is 0.